The van der Waals surface area contributed by atoms with Crippen LogP contribution in [-0.2, 0) is 14.4 Å². The molecule has 7 atom stereocenters. The number of carbonyl (C=O) groups excluding carboxylic acids is 1. The first-order valence-corrected chi connectivity index (χ1v) is 13.2. The Labute approximate surface area is 213 Å². The highest BCUT2D eigenvalue weighted by Crippen LogP contribution is 2.66. The fourth-order valence-electron chi connectivity index (χ4n) is 7.48. The number of nitrogens with one attached hydrogen (secondary N) is 1. The van der Waals surface area contributed by atoms with Crippen molar-refractivity contribution in [2.75, 3.05) is 13.2 Å². The first-order chi connectivity index (χ1) is 16.7. The molecular weight excluding hydrogens is 460 g/mol. The molecule has 8 heteroatoms. The van der Waals surface area contributed by atoms with Crippen molar-refractivity contribution in [2.24, 2.45) is 39.2 Å². The lowest BCUT2D eigenvalue weighted by Gasteiger charge is -2.58. The van der Waals surface area contributed by atoms with Crippen molar-refractivity contribution in [3.8, 4) is 0 Å². The summed E-state index contributed by atoms with van der Waals surface area (Å²) in [6, 6.07) is 0. The summed E-state index contributed by atoms with van der Waals surface area (Å²) in [7, 11) is 0. The Kier molecular flexibility index (Phi) is 6.92. The lowest BCUT2D eigenvalue weighted by molar-refractivity contribution is -0.153. The molecule has 4 rings (SSSR count). The SMILES string of the molecule is CC(C)(CNC(=O)CO/N=C1\C=C[C@@]2(C)C(=C1)CC[C@@H]1[C@H]2CC[C@@]2(C)[C@H]1CC[C@]2(C)O)[C@H](O)C(=O)O. The minimum Gasteiger partial charge on any atom is -0.479 e. The second kappa shape index (κ2) is 9.28. The molecule has 3 saturated carbocycles. The summed E-state index contributed by atoms with van der Waals surface area (Å²) >= 11 is 0. The Morgan fingerprint density at radius 1 is 1.19 bits per heavy atom. The van der Waals surface area contributed by atoms with Gasteiger partial charge in [-0.3, -0.25) is 4.79 Å². The zero-order valence-electron chi connectivity index (χ0n) is 22.2. The van der Waals surface area contributed by atoms with Gasteiger partial charge in [0.2, 0.25) is 0 Å². The van der Waals surface area contributed by atoms with Crippen LogP contribution in [0.5, 0.6) is 0 Å². The van der Waals surface area contributed by atoms with Crippen LogP contribution >= 0.6 is 0 Å². The third-order valence-corrected chi connectivity index (χ3v) is 10.2. The van der Waals surface area contributed by atoms with Crippen LogP contribution in [0.3, 0.4) is 0 Å². The number of nitrogens with zero attached hydrogens (tertiary/aromatic N) is 1. The molecule has 0 saturated heterocycles. The molecular formula is C28H42N2O6. The molecule has 36 heavy (non-hydrogen) atoms. The number of carboxylic acids is 1. The van der Waals surface area contributed by atoms with Crippen LogP contribution in [0.25, 0.3) is 0 Å². The molecule has 0 radical (unpaired) electrons. The fraction of sp³-hybridized carbons (Fsp3) is 0.750. The monoisotopic (exact) mass is 502 g/mol. The molecule has 1 amide bonds. The lowest BCUT2D eigenvalue weighted by atomic mass is 9.47. The number of fused-ring (bicyclic) bond motifs is 5. The van der Waals surface area contributed by atoms with Crippen LogP contribution < -0.4 is 5.32 Å². The predicted octanol–water partition coefficient (Wildman–Crippen LogP) is 3.44. The van der Waals surface area contributed by atoms with Crippen molar-refractivity contribution < 1.29 is 29.7 Å². The van der Waals surface area contributed by atoms with Gasteiger partial charge in [0.25, 0.3) is 5.91 Å². The Bertz CT molecular complexity index is 998. The van der Waals surface area contributed by atoms with Crippen LogP contribution in [0.15, 0.2) is 29.0 Å². The maximum Gasteiger partial charge on any atom is 0.333 e. The number of allylic oxidation sites excluding steroid dienone is 4. The summed E-state index contributed by atoms with van der Waals surface area (Å²) in [5.41, 5.74) is 0.434. The third-order valence-electron chi connectivity index (χ3n) is 10.2. The lowest BCUT2D eigenvalue weighted by Crippen LogP contribution is -2.53. The predicted molar refractivity (Wildman–Crippen MR) is 136 cm³/mol. The Balaban J connectivity index is 1.35. The molecule has 0 unspecified atom stereocenters. The first kappa shape index (κ1) is 26.9. The average molecular weight is 503 g/mol. The summed E-state index contributed by atoms with van der Waals surface area (Å²) in [5.74, 6) is -0.0187. The minimum absolute atomic E-state index is 0.000429. The van der Waals surface area contributed by atoms with Crippen molar-refractivity contribution in [1.29, 1.82) is 0 Å². The van der Waals surface area contributed by atoms with Gasteiger partial charge >= 0.3 is 5.97 Å². The Morgan fingerprint density at radius 3 is 2.58 bits per heavy atom. The van der Waals surface area contributed by atoms with E-state index in [0.717, 1.165) is 38.5 Å². The largest absolute Gasteiger partial charge is 0.479 e. The number of hydrogen-bond donors (Lipinski definition) is 4. The number of aliphatic hydroxyl groups excluding tert-OH is 1. The van der Waals surface area contributed by atoms with E-state index in [1.54, 1.807) is 13.8 Å². The van der Waals surface area contributed by atoms with Crippen LogP contribution in [-0.4, -0.2) is 57.8 Å². The Morgan fingerprint density at radius 2 is 1.89 bits per heavy atom. The number of aliphatic hydroxyl groups is 2. The van der Waals surface area contributed by atoms with Gasteiger partial charge in [0.1, 0.15) is 5.71 Å². The topological polar surface area (TPSA) is 128 Å². The van der Waals surface area contributed by atoms with Gasteiger partial charge in [-0.25, -0.2) is 4.79 Å². The highest BCUT2D eigenvalue weighted by molar-refractivity contribution is 6.05. The highest BCUT2D eigenvalue weighted by Gasteiger charge is 2.62. The Hall–Kier alpha value is -2.19. The van der Waals surface area contributed by atoms with Gasteiger partial charge in [-0.05, 0) is 80.8 Å². The van der Waals surface area contributed by atoms with Gasteiger partial charge in [0, 0.05) is 17.4 Å². The molecule has 3 fully saturated rings. The van der Waals surface area contributed by atoms with E-state index in [9.17, 15) is 19.8 Å². The van der Waals surface area contributed by atoms with Crippen LogP contribution in [0.4, 0.5) is 0 Å². The molecule has 0 aromatic carbocycles. The number of carbonyl (C=O) groups is 2. The number of amides is 1. The van der Waals surface area contributed by atoms with Gasteiger partial charge in [-0.1, -0.05) is 44.5 Å². The molecule has 0 bridgehead atoms. The van der Waals surface area contributed by atoms with Crippen molar-refractivity contribution in [3.63, 3.8) is 0 Å². The molecule has 0 aliphatic heterocycles. The third kappa shape index (κ3) is 4.51. The van der Waals surface area contributed by atoms with Crippen molar-refractivity contribution in [3.05, 3.63) is 23.8 Å². The highest BCUT2D eigenvalue weighted by atomic mass is 16.6. The number of oxime groups is 1. The van der Waals surface area contributed by atoms with E-state index in [1.165, 1.54) is 5.57 Å². The van der Waals surface area contributed by atoms with Crippen molar-refractivity contribution >= 4 is 17.6 Å². The van der Waals surface area contributed by atoms with E-state index < -0.39 is 29.0 Å². The molecule has 0 spiro atoms. The van der Waals surface area contributed by atoms with Crippen LogP contribution in [0.1, 0.15) is 73.1 Å². The number of rotatable bonds is 7. The average Bonchev–Trinajstić information content (AvgIpc) is 3.06. The fourth-order valence-corrected chi connectivity index (χ4v) is 7.48. The second-order valence-corrected chi connectivity index (χ2v) is 12.8. The smallest absolute Gasteiger partial charge is 0.333 e. The van der Waals surface area contributed by atoms with Crippen LogP contribution in [0.2, 0.25) is 0 Å². The molecule has 4 aliphatic carbocycles. The minimum atomic E-state index is -1.58. The molecule has 4 aliphatic rings. The maximum absolute atomic E-state index is 12.1. The first-order valence-electron chi connectivity index (χ1n) is 13.2. The normalized spacial score (nSPS) is 39.5. The molecule has 4 N–H and O–H groups in total. The summed E-state index contributed by atoms with van der Waals surface area (Å²) in [6.45, 7) is 9.52. The zero-order valence-corrected chi connectivity index (χ0v) is 22.2. The van der Waals surface area contributed by atoms with Gasteiger partial charge in [-0.2, -0.15) is 0 Å². The molecule has 0 aromatic rings. The van der Waals surface area contributed by atoms with Gasteiger partial charge in [0.15, 0.2) is 12.7 Å². The maximum atomic E-state index is 12.1. The molecule has 200 valence electrons. The number of hydrogen-bond acceptors (Lipinski definition) is 6. The van der Waals surface area contributed by atoms with E-state index in [2.05, 4.69) is 36.5 Å². The summed E-state index contributed by atoms with van der Waals surface area (Å²) in [6.07, 6.45) is 11.1. The number of carboxylic acid groups (broad SMARTS) is 1. The standard InChI is InChI=1S/C28H42N2O6/c1-25(2,23(32)24(33)34)16-29-22(31)15-36-30-18-8-11-26(3)17(14-18)6-7-19-20(26)9-12-27(4)21(19)10-13-28(27,5)35/h8,11,14,19-21,23,32,35H,6-7,9-10,12-13,15-16H2,1-5H3,(H,29,31)(H,33,34)/b30-18+/t19-,20-,21+,23-,26+,27+,28+/m1/s1. The summed E-state index contributed by atoms with van der Waals surface area (Å²) in [5, 5.41) is 36.6. The van der Waals surface area contributed by atoms with E-state index >= 15 is 0 Å². The number of aliphatic carboxylic acids is 1. The van der Waals surface area contributed by atoms with E-state index in [4.69, 9.17) is 9.94 Å². The van der Waals surface area contributed by atoms with E-state index in [-0.39, 0.29) is 24.0 Å². The second-order valence-electron chi connectivity index (χ2n) is 12.8. The van der Waals surface area contributed by atoms with Crippen LogP contribution in [0, 0.1) is 34.0 Å². The van der Waals surface area contributed by atoms with Crippen molar-refractivity contribution in [1.82, 2.24) is 5.32 Å². The quantitative estimate of drug-likeness (QED) is 0.395. The summed E-state index contributed by atoms with van der Waals surface area (Å²) < 4.78 is 0. The molecule has 8 nitrogen and oxygen atoms in total. The van der Waals surface area contributed by atoms with E-state index in [0.29, 0.717) is 23.5 Å². The van der Waals surface area contributed by atoms with Gasteiger partial charge in [-0.15, -0.1) is 0 Å². The molecule has 0 aromatic heterocycles. The van der Waals surface area contributed by atoms with Gasteiger partial charge in [0.05, 0.1) is 5.60 Å². The summed E-state index contributed by atoms with van der Waals surface area (Å²) in [4.78, 5) is 28.4. The van der Waals surface area contributed by atoms with Crippen molar-refractivity contribution in [2.45, 2.75) is 84.8 Å². The van der Waals surface area contributed by atoms with Gasteiger partial charge < -0.3 is 25.5 Å². The van der Waals surface area contributed by atoms with E-state index in [1.807, 2.05) is 13.0 Å². The zero-order chi connectivity index (χ0) is 26.5. The molecule has 0 heterocycles.